The van der Waals surface area contributed by atoms with Crippen molar-refractivity contribution in [3.05, 3.63) is 0 Å². The van der Waals surface area contributed by atoms with Crippen molar-refractivity contribution < 1.29 is 9.53 Å². The molecule has 0 aromatic carbocycles. The maximum absolute atomic E-state index is 11.4. The highest BCUT2D eigenvalue weighted by molar-refractivity contribution is 5.70. The molecule has 16 heavy (non-hydrogen) atoms. The SMILES string of the molecule is COC(=O)CC1CNCC(C)(C)N1C(C)C. The van der Waals surface area contributed by atoms with E-state index in [2.05, 4.69) is 37.9 Å². The third-order valence-electron chi connectivity index (χ3n) is 3.22. The van der Waals surface area contributed by atoms with Gasteiger partial charge in [-0.3, -0.25) is 9.69 Å². The van der Waals surface area contributed by atoms with Crippen molar-refractivity contribution in [1.29, 1.82) is 0 Å². The first-order chi connectivity index (χ1) is 7.38. The molecule has 4 heteroatoms. The third-order valence-corrected chi connectivity index (χ3v) is 3.22. The predicted molar refractivity (Wildman–Crippen MR) is 64.3 cm³/mol. The third kappa shape index (κ3) is 2.95. The summed E-state index contributed by atoms with van der Waals surface area (Å²) in [5, 5.41) is 3.39. The number of carbonyl (C=O) groups excluding carboxylic acids is 1. The highest BCUT2D eigenvalue weighted by atomic mass is 16.5. The summed E-state index contributed by atoms with van der Waals surface area (Å²) in [4.78, 5) is 13.8. The quantitative estimate of drug-likeness (QED) is 0.732. The van der Waals surface area contributed by atoms with E-state index in [9.17, 15) is 4.79 Å². The predicted octanol–water partition coefficient (Wildman–Crippen LogP) is 1.01. The van der Waals surface area contributed by atoms with Crippen LogP contribution < -0.4 is 5.32 Å². The summed E-state index contributed by atoms with van der Waals surface area (Å²) in [6.45, 7) is 10.6. The van der Waals surface area contributed by atoms with Crippen molar-refractivity contribution in [3.8, 4) is 0 Å². The lowest BCUT2D eigenvalue weighted by Crippen LogP contribution is -2.65. The summed E-state index contributed by atoms with van der Waals surface area (Å²) in [5.74, 6) is -0.129. The molecule has 1 fully saturated rings. The molecule has 1 saturated heterocycles. The summed E-state index contributed by atoms with van der Waals surface area (Å²) in [6, 6.07) is 0.669. The fraction of sp³-hybridized carbons (Fsp3) is 0.917. The second-order valence-electron chi connectivity index (χ2n) is 5.38. The highest BCUT2D eigenvalue weighted by Gasteiger charge is 2.38. The Balaban J connectivity index is 2.77. The van der Waals surface area contributed by atoms with E-state index in [-0.39, 0.29) is 17.6 Å². The van der Waals surface area contributed by atoms with Crippen LogP contribution in [0.4, 0.5) is 0 Å². The molecule has 1 rings (SSSR count). The maximum atomic E-state index is 11.4. The van der Waals surface area contributed by atoms with Crippen molar-refractivity contribution in [2.24, 2.45) is 0 Å². The van der Waals surface area contributed by atoms with Crippen LogP contribution in [0, 0.1) is 0 Å². The molecule has 0 spiro atoms. The number of methoxy groups -OCH3 is 1. The topological polar surface area (TPSA) is 41.6 Å². The van der Waals surface area contributed by atoms with Crippen molar-refractivity contribution in [1.82, 2.24) is 10.2 Å². The minimum Gasteiger partial charge on any atom is -0.469 e. The van der Waals surface area contributed by atoms with E-state index >= 15 is 0 Å². The van der Waals surface area contributed by atoms with Gasteiger partial charge in [0, 0.05) is 30.7 Å². The minimum absolute atomic E-state index is 0.0884. The molecule has 0 aromatic rings. The van der Waals surface area contributed by atoms with Gasteiger partial charge in [-0.25, -0.2) is 0 Å². The van der Waals surface area contributed by atoms with Crippen LogP contribution in [0.2, 0.25) is 0 Å². The largest absolute Gasteiger partial charge is 0.469 e. The van der Waals surface area contributed by atoms with E-state index in [4.69, 9.17) is 4.74 Å². The van der Waals surface area contributed by atoms with E-state index in [0.29, 0.717) is 12.5 Å². The number of hydrogen-bond donors (Lipinski definition) is 1. The smallest absolute Gasteiger partial charge is 0.307 e. The van der Waals surface area contributed by atoms with E-state index < -0.39 is 0 Å². The molecule has 0 bridgehead atoms. The lowest BCUT2D eigenvalue weighted by Gasteiger charge is -2.50. The Labute approximate surface area is 98.3 Å². The van der Waals surface area contributed by atoms with Crippen molar-refractivity contribution >= 4 is 5.97 Å². The first-order valence-electron chi connectivity index (χ1n) is 5.94. The highest BCUT2D eigenvalue weighted by Crippen LogP contribution is 2.25. The molecule has 1 atom stereocenters. The van der Waals surface area contributed by atoms with Crippen LogP contribution in [-0.4, -0.2) is 48.7 Å². The zero-order chi connectivity index (χ0) is 12.3. The van der Waals surface area contributed by atoms with Gasteiger partial charge in [-0.05, 0) is 27.7 Å². The number of rotatable bonds is 3. The molecule has 94 valence electrons. The Hall–Kier alpha value is -0.610. The van der Waals surface area contributed by atoms with E-state index in [1.54, 1.807) is 0 Å². The normalized spacial score (nSPS) is 25.8. The van der Waals surface area contributed by atoms with Crippen LogP contribution in [0.25, 0.3) is 0 Å². The Bertz CT molecular complexity index is 251. The number of hydrogen-bond acceptors (Lipinski definition) is 4. The van der Waals surface area contributed by atoms with Gasteiger partial charge >= 0.3 is 5.97 Å². The Kier molecular flexibility index (Phi) is 4.33. The van der Waals surface area contributed by atoms with Gasteiger partial charge in [0.25, 0.3) is 0 Å². The first kappa shape index (κ1) is 13.5. The molecule has 0 radical (unpaired) electrons. The number of carbonyl (C=O) groups is 1. The summed E-state index contributed by atoms with van der Waals surface area (Å²) >= 11 is 0. The molecule has 0 aromatic heterocycles. The van der Waals surface area contributed by atoms with Gasteiger partial charge in [0.05, 0.1) is 13.5 Å². The number of esters is 1. The van der Waals surface area contributed by atoms with Crippen LogP contribution in [-0.2, 0) is 9.53 Å². The monoisotopic (exact) mass is 228 g/mol. The molecule has 1 heterocycles. The van der Waals surface area contributed by atoms with Gasteiger partial charge in [-0.2, -0.15) is 0 Å². The van der Waals surface area contributed by atoms with Gasteiger partial charge in [0.15, 0.2) is 0 Å². The zero-order valence-corrected chi connectivity index (χ0v) is 11.0. The summed E-state index contributed by atoms with van der Waals surface area (Å²) in [7, 11) is 1.45. The average Bonchev–Trinajstić information content (AvgIpc) is 2.15. The number of nitrogens with zero attached hydrogens (tertiary/aromatic N) is 1. The lowest BCUT2D eigenvalue weighted by atomic mass is 9.93. The summed E-state index contributed by atoms with van der Waals surface area (Å²) in [6.07, 6.45) is 0.463. The van der Waals surface area contributed by atoms with Gasteiger partial charge < -0.3 is 10.1 Å². The molecular weight excluding hydrogens is 204 g/mol. The van der Waals surface area contributed by atoms with E-state index in [0.717, 1.165) is 13.1 Å². The molecule has 4 nitrogen and oxygen atoms in total. The molecular formula is C12H24N2O2. The van der Waals surface area contributed by atoms with Gasteiger partial charge in [-0.15, -0.1) is 0 Å². The van der Waals surface area contributed by atoms with Crippen LogP contribution in [0.1, 0.15) is 34.1 Å². The Morgan fingerprint density at radius 3 is 2.69 bits per heavy atom. The maximum Gasteiger partial charge on any atom is 0.307 e. The van der Waals surface area contributed by atoms with Crippen molar-refractivity contribution in [2.45, 2.75) is 51.7 Å². The van der Waals surface area contributed by atoms with Gasteiger partial charge in [-0.1, -0.05) is 0 Å². The summed E-state index contributed by atoms with van der Waals surface area (Å²) < 4.78 is 4.76. The molecule has 1 N–H and O–H groups in total. The molecule has 1 aliphatic rings. The van der Waals surface area contributed by atoms with Gasteiger partial charge in [0.1, 0.15) is 0 Å². The van der Waals surface area contributed by atoms with Gasteiger partial charge in [0.2, 0.25) is 0 Å². The molecule has 1 aliphatic heterocycles. The molecule has 1 unspecified atom stereocenters. The fourth-order valence-electron chi connectivity index (χ4n) is 2.80. The fourth-order valence-corrected chi connectivity index (χ4v) is 2.80. The van der Waals surface area contributed by atoms with Crippen molar-refractivity contribution in [3.63, 3.8) is 0 Å². The van der Waals surface area contributed by atoms with Crippen LogP contribution in [0.15, 0.2) is 0 Å². The zero-order valence-electron chi connectivity index (χ0n) is 11.0. The number of piperazine rings is 1. The number of nitrogens with one attached hydrogen (secondary N) is 1. The lowest BCUT2D eigenvalue weighted by molar-refractivity contribution is -0.143. The second-order valence-corrected chi connectivity index (χ2v) is 5.38. The van der Waals surface area contributed by atoms with Crippen LogP contribution in [0.5, 0.6) is 0 Å². The second kappa shape index (κ2) is 5.15. The van der Waals surface area contributed by atoms with Crippen LogP contribution >= 0.6 is 0 Å². The van der Waals surface area contributed by atoms with Crippen molar-refractivity contribution in [2.75, 3.05) is 20.2 Å². The minimum atomic E-state index is -0.129. The molecule has 0 saturated carbocycles. The summed E-state index contributed by atoms with van der Waals surface area (Å²) in [5.41, 5.74) is 0.0884. The van der Waals surface area contributed by atoms with E-state index in [1.807, 2.05) is 0 Å². The Morgan fingerprint density at radius 2 is 2.19 bits per heavy atom. The first-order valence-corrected chi connectivity index (χ1v) is 5.94. The Morgan fingerprint density at radius 1 is 1.56 bits per heavy atom. The standard InChI is InChI=1S/C12H24N2O2/c1-9(2)14-10(6-11(15)16-5)7-13-8-12(14,3)4/h9-10,13H,6-8H2,1-5H3. The average molecular weight is 228 g/mol. The van der Waals surface area contributed by atoms with Crippen LogP contribution in [0.3, 0.4) is 0 Å². The van der Waals surface area contributed by atoms with E-state index in [1.165, 1.54) is 7.11 Å². The molecule has 0 amide bonds. The number of ether oxygens (including phenoxy) is 1. The molecule has 0 aliphatic carbocycles.